The molecule has 2 amide bonds. The molecule has 1 unspecified atom stereocenters. The maximum atomic E-state index is 13.2. The zero-order valence-electron chi connectivity index (χ0n) is 28.4. The van der Waals surface area contributed by atoms with Gasteiger partial charge in [-0.05, 0) is 38.2 Å². The van der Waals surface area contributed by atoms with Crippen LogP contribution in [0.4, 0.5) is 5.69 Å². The van der Waals surface area contributed by atoms with Crippen molar-refractivity contribution < 1.29 is 14.3 Å². The first kappa shape index (κ1) is 37.5. The van der Waals surface area contributed by atoms with Crippen LogP contribution in [0, 0.1) is 12.8 Å². The predicted molar refractivity (Wildman–Crippen MR) is 188 cm³/mol. The van der Waals surface area contributed by atoms with Gasteiger partial charge < -0.3 is 26.0 Å². The highest BCUT2D eigenvalue weighted by Crippen LogP contribution is 2.32. The van der Waals surface area contributed by atoms with E-state index in [1.807, 2.05) is 20.0 Å². The van der Waals surface area contributed by atoms with Crippen LogP contribution in [0.5, 0.6) is 0 Å². The van der Waals surface area contributed by atoms with Gasteiger partial charge in [-0.3, -0.25) is 14.6 Å². The van der Waals surface area contributed by atoms with Crippen LogP contribution in [-0.2, 0) is 9.53 Å². The molecule has 0 aromatic carbocycles. The largest absolute Gasteiger partial charge is 0.479 e. The van der Waals surface area contributed by atoms with Crippen LogP contribution in [0.15, 0.2) is 42.7 Å². The van der Waals surface area contributed by atoms with E-state index in [9.17, 15) is 9.59 Å². The molecular weight excluding hydrogens is 584 g/mol. The number of thiazole rings is 1. The third-order valence-corrected chi connectivity index (χ3v) is 8.42. The summed E-state index contributed by atoms with van der Waals surface area (Å²) in [5.74, 6) is 1.09. The summed E-state index contributed by atoms with van der Waals surface area (Å²) in [5, 5.41) is 6.12. The molecule has 9 nitrogen and oxygen atoms in total. The van der Waals surface area contributed by atoms with Crippen LogP contribution in [0.3, 0.4) is 0 Å². The van der Waals surface area contributed by atoms with Gasteiger partial charge in [0.05, 0.1) is 39.6 Å². The third-order valence-electron chi connectivity index (χ3n) is 7.35. The molecule has 1 saturated heterocycles. The molecule has 0 radical (unpaired) electrons. The van der Waals surface area contributed by atoms with E-state index in [4.69, 9.17) is 10.5 Å². The topological polar surface area (TPSA) is 122 Å². The van der Waals surface area contributed by atoms with Crippen molar-refractivity contribution in [1.82, 2.24) is 20.2 Å². The van der Waals surface area contributed by atoms with Gasteiger partial charge in [0, 0.05) is 38.7 Å². The number of carbonyl (C=O) groups excluding carboxylic acids is 2. The molecule has 4 N–H and O–H groups in total. The molecule has 1 atom stereocenters. The van der Waals surface area contributed by atoms with Gasteiger partial charge in [0.25, 0.3) is 11.8 Å². The molecule has 0 aliphatic carbocycles. The highest BCUT2D eigenvalue weighted by atomic mass is 32.1. The Balaban J connectivity index is 0.000000681. The maximum absolute atomic E-state index is 13.2. The summed E-state index contributed by atoms with van der Waals surface area (Å²) in [6, 6.07) is 1.61. The highest BCUT2D eigenvalue weighted by molar-refractivity contribution is 7.14. The molecule has 1 fully saturated rings. The lowest BCUT2D eigenvalue weighted by atomic mass is 10.00. The number of carbonyl (C=O) groups is 2. The Bertz CT molecular complexity index is 1320. The van der Waals surface area contributed by atoms with Gasteiger partial charge >= 0.3 is 0 Å². The fourth-order valence-corrected chi connectivity index (χ4v) is 5.69. The maximum Gasteiger partial charge on any atom is 0.260 e. The van der Waals surface area contributed by atoms with Crippen LogP contribution < -0.4 is 16.4 Å². The van der Waals surface area contributed by atoms with Crippen LogP contribution in [0.1, 0.15) is 112 Å². The number of amides is 2. The van der Waals surface area contributed by atoms with Gasteiger partial charge in [0.2, 0.25) is 0 Å². The molecule has 3 heterocycles. The third kappa shape index (κ3) is 12.0. The number of aryl methyl sites for hydroxylation is 1. The minimum absolute atomic E-state index is 0.230. The smallest absolute Gasteiger partial charge is 0.260 e. The number of nitrogens with two attached hydrogens (primary N) is 1. The number of allylic oxidation sites excluding steroid dienone is 3. The van der Waals surface area contributed by atoms with E-state index in [2.05, 4.69) is 59.3 Å². The van der Waals surface area contributed by atoms with Crippen LogP contribution in [0.25, 0.3) is 11.1 Å². The minimum Gasteiger partial charge on any atom is -0.479 e. The number of nitrogens with one attached hydrogen (secondary N) is 2. The molecule has 0 bridgehead atoms. The van der Waals surface area contributed by atoms with Gasteiger partial charge in [-0.25, -0.2) is 4.98 Å². The monoisotopic (exact) mass is 638 g/mol. The predicted octanol–water partition coefficient (Wildman–Crippen LogP) is 7.52. The van der Waals surface area contributed by atoms with Gasteiger partial charge in [-0.1, -0.05) is 78.9 Å². The quantitative estimate of drug-likeness (QED) is 0.183. The number of pyridine rings is 1. The van der Waals surface area contributed by atoms with Crippen molar-refractivity contribution in [1.29, 1.82) is 0 Å². The average Bonchev–Trinajstić information content (AvgIpc) is 3.51. The van der Waals surface area contributed by atoms with Gasteiger partial charge in [-0.15, -0.1) is 11.3 Å². The number of hydrogen-bond donors (Lipinski definition) is 3. The van der Waals surface area contributed by atoms with E-state index in [1.165, 1.54) is 55.8 Å². The van der Waals surface area contributed by atoms with Gasteiger partial charge in [0.1, 0.15) is 5.01 Å². The summed E-state index contributed by atoms with van der Waals surface area (Å²) < 4.78 is 5.97. The number of hydrogen-bond acceptors (Lipinski definition) is 8. The Morgan fingerprint density at radius 2 is 1.91 bits per heavy atom. The average molecular weight is 639 g/mol. The Morgan fingerprint density at radius 1 is 1.13 bits per heavy atom. The molecule has 45 heavy (non-hydrogen) atoms. The zero-order valence-corrected chi connectivity index (χ0v) is 29.2. The SMILES string of the molecule is CC/C=C/C(=C1/OCCCN1C)c1cnc(/C(=C\N)C(=O)Nc2cc(C(=O)NCCC)cnc2C)s1.CCCCC(C)CCC. The number of ether oxygens (including phenoxy) is 1. The van der Waals surface area contributed by atoms with E-state index >= 15 is 0 Å². The summed E-state index contributed by atoms with van der Waals surface area (Å²) >= 11 is 1.36. The van der Waals surface area contributed by atoms with E-state index < -0.39 is 5.91 Å². The Labute approximate surface area is 274 Å². The lowest BCUT2D eigenvalue weighted by Gasteiger charge is -2.29. The second-order valence-corrected chi connectivity index (χ2v) is 12.4. The Kier molecular flexibility index (Phi) is 17.0. The molecule has 2 aromatic rings. The molecule has 0 saturated carbocycles. The molecule has 248 valence electrons. The minimum atomic E-state index is -0.432. The summed E-state index contributed by atoms with van der Waals surface area (Å²) in [6.45, 7) is 14.8. The number of rotatable bonds is 14. The molecule has 2 aromatic heterocycles. The standard InChI is InChI=1S/C26H34N6O3S.C9H20/c1-5-7-9-19(26-32(4)11-8-12-35-26)22-16-30-25(36-22)20(14-27)24(34)31-21-13-18(15-29-17(21)3)23(33)28-10-6-2;1-4-6-8-9(3)7-5-2/h7,9,13-16H,5-6,8,10-12,27H2,1-4H3,(H,28,33)(H,31,34);9H,4-8H2,1-3H3/b9-7+,20-14-,26-19-;. The van der Waals surface area contributed by atoms with Gasteiger partial charge in [-0.2, -0.15) is 0 Å². The first-order chi connectivity index (χ1) is 21.7. The van der Waals surface area contributed by atoms with Crippen molar-refractivity contribution in [3.63, 3.8) is 0 Å². The number of nitrogens with zero attached hydrogens (tertiary/aromatic N) is 3. The number of unbranched alkanes of at least 4 members (excludes halogenated alkanes) is 1. The van der Waals surface area contributed by atoms with Crippen molar-refractivity contribution in [3.05, 3.63) is 63.8 Å². The fourth-order valence-electron chi connectivity index (χ4n) is 4.73. The normalized spacial score (nSPS) is 15.2. The molecule has 10 heteroatoms. The molecule has 1 aliphatic rings. The molecule has 1 aliphatic heterocycles. The summed E-state index contributed by atoms with van der Waals surface area (Å²) in [5.41, 5.74) is 8.41. The van der Waals surface area contributed by atoms with E-state index in [1.54, 1.807) is 19.2 Å². The Hall–Kier alpha value is -3.66. The molecule has 3 rings (SSSR count). The second-order valence-electron chi connectivity index (χ2n) is 11.4. The second kappa shape index (κ2) is 20.4. The first-order valence-corrected chi connectivity index (χ1v) is 17.2. The number of anilines is 1. The van der Waals surface area contributed by atoms with Crippen LogP contribution in [-0.4, -0.2) is 53.4 Å². The summed E-state index contributed by atoms with van der Waals surface area (Å²) in [7, 11) is 2.00. The first-order valence-electron chi connectivity index (χ1n) is 16.4. The van der Waals surface area contributed by atoms with Crippen molar-refractivity contribution >= 4 is 40.0 Å². The number of aromatic nitrogens is 2. The fraction of sp³-hybridized carbons (Fsp3) is 0.543. The van der Waals surface area contributed by atoms with Crippen molar-refractivity contribution in [2.24, 2.45) is 11.7 Å². The summed E-state index contributed by atoms with van der Waals surface area (Å²) in [4.78, 5) is 37.2. The molecular formula is C35H54N6O3S. The van der Waals surface area contributed by atoms with Crippen LogP contribution in [0.2, 0.25) is 0 Å². The highest BCUT2D eigenvalue weighted by Gasteiger charge is 2.22. The van der Waals surface area contributed by atoms with E-state index in [0.29, 0.717) is 35.1 Å². The lowest BCUT2D eigenvalue weighted by molar-refractivity contribution is -0.111. The van der Waals surface area contributed by atoms with Crippen molar-refractivity contribution in [2.45, 2.75) is 92.9 Å². The van der Waals surface area contributed by atoms with E-state index in [-0.39, 0.29) is 11.5 Å². The zero-order chi connectivity index (χ0) is 33.2. The Morgan fingerprint density at radius 3 is 2.56 bits per heavy atom. The molecule has 0 spiro atoms. The van der Waals surface area contributed by atoms with Crippen molar-refractivity contribution in [3.8, 4) is 0 Å². The van der Waals surface area contributed by atoms with Gasteiger partial charge in [0.15, 0.2) is 5.88 Å². The summed E-state index contributed by atoms with van der Waals surface area (Å²) in [6.07, 6.45) is 18.2. The van der Waals surface area contributed by atoms with E-state index in [0.717, 1.165) is 48.1 Å². The van der Waals surface area contributed by atoms with Crippen LogP contribution >= 0.6 is 11.3 Å². The van der Waals surface area contributed by atoms with Crippen molar-refractivity contribution in [2.75, 3.05) is 32.1 Å². The lowest BCUT2D eigenvalue weighted by Crippen LogP contribution is -2.28.